The number of anilines is 2. The maximum Gasteiger partial charge on any atom is 0.247 e. The van der Waals surface area contributed by atoms with Crippen molar-refractivity contribution in [2.24, 2.45) is 5.10 Å². The number of aromatic nitrogens is 2. The molecule has 2 N–H and O–H groups in total. The van der Waals surface area contributed by atoms with Gasteiger partial charge in [-0.15, -0.1) is 10.2 Å². The van der Waals surface area contributed by atoms with E-state index in [2.05, 4.69) is 26.0 Å². The minimum absolute atomic E-state index is 0.0538. The zero-order valence-corrected chi connectivity index (χ0v) is 15.8. The van der Waals surface area contributed by atoms with E-state index < -0.39 is 0 Å². The van der Waals surface area contributed by atoms with Crippen LogP contribution in [-0.4, -0.2) is 42.3 Å². The number of hydrogen-bond donors (Lipinski definition) is 2. The summed E-state index contributed by atoms with van der Waals surface area (Å²) in [7, 11) is 3.94. The van der Waals surface area contributed by atoms with E-state index in [9.17, 15) is 9.59 Å². The molecule has 0 radical (unpaired) electrons. The zero-order valence-electron chi connectivity index (χ0n) is 15.0. The third-order valence-electron chi connectivity index (χ3n) is 3.31. The molecule has 2 rings (SSSR count). The fraction of sp³-hybridized carbons (Fsp3) is 0.353. The minimum atomic E-state index is -0.297. The van der Waals surface area contributed by atoms with Crippen LogP contribution in [0.5, 0.6) is 0 Å². The van der Waals surface area contributed by atoms with Crippen LogP contribution in [0.3, 0.4) is 0 Å². The number of carbonyl (C=O) groups is 2. The van der Waals surface area contributed by atoms with Gasteiger partial charge < -0.3 is 10.2 Å². The highest BCUT2D eigenvalue weighted by atomic mass is 32.1. The monoisotopic (exact) mass is 374 g/mol. The van der Waals surface area contributed by atoms with Gasteiger partial charge in [0.2, 0.25) is 16.9 Å². The quantitative estimate of drug-likeness (QED) is 0.544. The molecule has 1 heterocycles. The molecule has 8 nitrogen and oxygen atoms in total. The van der Waals surface area contributed by atoms with Gasteiger partial charge in [0.1, 0.15) is 5.01 Å². The number of hydrazone groups is 1. The first-order chi connectivity index (χ1) is 12.5. The molecule has 2 aromatic rings. The third-order valence-corrected chi connectivity index (χ3v) is 4.15. The summed E-state index contributed by atoms with van der Waals surface area (Å²) in [6.07, 6.45) is 2.82. The van der Waals surface area contributed by atoms with Crippen LogP contribution < -0.4 is 15.6 Å². The van der Waals surface area contributed by atoms with Crippen LogP contribution in [-0.2, 0) is 16.0 Å². The summed E-state index contributed by atoms with van der Waals surface area (Å²) in [6, 6.07) is 7.78. The highest BCUT2D eigenvalue weighted by molar-refractivity contribution is 7.15. The van der Waals surface area contributed by atoms with Crippen LogP contribution in [0, 0.1) is 0 Å². The Hall–Kier alpha value is -2.81. The van der Waals surface area contributed by atoms with E-state index in [1.165, 1.54) is 11.3 Å². The third kappa shape index (κ3) is 6.25. The van der Waals surface area contributed by atoms with Gasteiger partial charge in [-0.25, -0.2) is 5.43 Å². The highest BCUT2D eigenvalue weighted by Crippen LogP contribution is 2.16. The van der Waals surface area contributed by atoms with Crippen molar-refractivity contribution in [1.29, 1.82) is 0 Å². The van der Waals surface area contributed by atoms with Crippen molar-refractivity contribution in [3.8, 4) is 0 Å². The van der Waals surface area contributed by atoms with Crippen LogP contribution in [0.15, 0.2) is 29.4 Å². The van der Waals surface area contributed by atoms with Gasteiger partial charge in [0.15, 0.2) is 0 Å². The predicted octanol–water partition coefficient (Wildman–Crippen LogP) is 2.04. The van der Waals surface area contributed by atoms with Crippen LogP contribution >= 0.6 is 11.3 Å². The molecule has 0 saturated heterocycles. The number of rotatable bonds is 8. The molecule has 2 amide bonds. The van der Waals surface area contributed by atoms with Crippen molar-refractivity contribution in [3.63, 3.8) is 0 Å². The first kappa shape index (κ1) is 19.5. The van der Waals surface area contributed by atoms with Crippen LogP contribution in [0.25, 0.3) is 0 Å². The maximum atomic E-state index is 11.9. The summed E-state index contributed by atoms with van der Waals surface area (Å²) in [6.45, 7) is 1.92. The number of nitrogens with zero attached hydrogens (tertiary/aromatic N) is 4. The standard InChI is InChI=1S/C17H22N6O2S/c1-4-5-14(24)19-17-22-21-16(26-17)10-15(25)20-18-11-12-6-8-13(9-7-12)23(2)3/h6-9,11H,4-5,10H2,1-3H3,(H,20,25)(H,19,22,24)/b18-11-. The van der Waals surface area contributed by atoms with Crippen molar-refractivity contribution in [2.75, 3.05) is 24.3 Å². The Morgan fingerprint density at radius 3 is 2.58 bits per heavy atom. The minimum Gasteiger partial charge on any atom is -0.378 e. The summed E-state index contributed by atoms with van der Waals surface area (Å²) < 4.78 is 0. The van der Waals surface area contributed by atoms with Crippen molar-refractivity contribution in [3.05, 3.63) is 34.8 Å². The van der Waals surface area contributed by atoms with Gasteiger partial charge in [-0.05, 0) is 24.1 Å². The van der Waals surface area contributed by atoms with Crippen molar-refractivity contribution in [1.82, 2.24) is 15.6 Å². The lowest BCUT2D eigenvalue weighted by atomic mass is 10.2. The Labute approximate surface area is 156 Å². The molecule has 0 aliphatic heterocycles. The molecule has 0 atom stereocenters. The van der Waals surface area contributed by atoms with E-state index in [0.717, 1.165) is 17.7 Å². The lowest BCUT2D eigenvalue weighted by Crippen LogP contribution is -2.19. The zero-order chi connectivity index (χ0) is 18.9. The topological polar surface area (TPSA) is 99.6 Å². The second kappa shape index (κ2) is 9.62. The molecule has 9 heteroatoms. The van der Waals surface area contributed by atoms with Gasteiger partial charge in [-0.3, -0.25) is 9.59 Å². The van der Waals surface area contributed by atoms with Crippen LogP contribution in [0.1, 0.15) is 30.3 Å². The Balaban J connectivity index is 1.81. The van der Waals surface area contributed by atoms with Crippen molar-refractivity contribution in [2.45, 2.75) is 26.2 Å². The molecule has 0 unspecified atom stereocenters. The SMILES string of the molecule is CCCC(=O)Nc1nnc(CC(=O)N/N=C\c2ccc(N(C)C)cc2)s1. The molecule has 0 aliphatic rings. The van der Waals surface area contributed by atoms with E-state index in [1.54, 1.807) is 6.21 Å². The summed E-state index contributed by atoms with van der Waals surface area (Å²) in [5.41, 5.74) is 4.43. The lowest BCUT2D eigenvalue weighted by Gasteiger charge is -2.11. The Morgan fingerprint density at radius 2 is 1.92 bits per heavy atom. The smallest absolute Gasteiger partial charge is 0.247 e. The van der Waals surface area contributed by atoms with Crippen molar-refractivity contribution < 1.29 is 9.59 Å². The molecule has 0 spiro atoms. The van der Waals surface area contributed by atoms with Gasteiger partial charge in [0.25, 0.3) is 0 Å². The summed E-state index contributed by atoms with van der Waals surface area (Å²) >= 11 is 1.18. The molecular weight excluding hydrogens is 352 g/mol. The van der Waals surface area contributed by atoms with Gasteiger partial charge in [-0.2, -0.15) is 5.10 Å². The number of carbonyl (C=O) groups excluding carboxylic acids is 2. The summed E-state index contributed by atoms with van der Waals surface area (Å²) in [5.74, 6) is -0.404. The molecule has 26 heavy (non-hydrogen) atoms. The van der Waals surface area contributed by atoms with E-state index >= 15 is 0 Å². The second-order valence-corrected chi connectivity index (χ2v) is 6.82. The molecule has 138 valence electrons. The maximum absolute atomic E-state index is 11.9. The van der Waals surface area contributed by atoms with E-state index in [0.29, 0.717) is 16.6 Å². The fourth-order valence-corrected chi connectivity index (χ4v) is 2.75. The average molecular weight is 374 g/mol. The number of nitrogens with one attached hydrogen (secondary N) is 2. The van der Waals surface area contributed by atoms with E-state index in [4.69, 9.17) is 0 Å². The first-order valence-electron chi connectivity index (χ1n) is 8.19. The first-order valence-corrected chi connectivity index (χ1v) is 9.01. The predicted molar refractivity (Wildman–Crippen MR) is 104 cm³/mol. The average Bonchev–Trinajstić information content (AvgIpc) is 3.02. The Bertz CT molecular complexity index is 770. The summed E-state index contributed by atoms with van der Waals surface area (Å²) in [5, 5.41) is 15.3. The van der Waals surface area contributed by atoms with Gasteiger partial charge in [0.05, 0.1) is 12.6 Å². The molecule has 0 saturated carbocycles. The number of benzene rings is 1. The van der Waals surface area contributed by atoms with Gasteiger partial charge in [0, 0.05) is 26.2 Å². The molecule has 1 aromatic carbocycles. The van der Waals surface area contributed by atoms with Crippen LogP contribution in [0.4, 0.5) is 10.8 Å². The Kier molecular flexibility index (Phi) is 7.22. The normalized spacial score (nSPS) is 10.7. The van der Waals surface area contributed by atoms with E-state index in [1.807, 2.05) is 50.2 Å². The van der Waals surface area contributed by atoms with E-state index in [-0.39, 0.29) is 18.2 Å². The Morgan fingerprint density at radius 1 is 1.19 bits per heavy atom. The molecular formula is C17H22N6O2S. The fourth-order valence-electron chi connectivity index (χ4n) is 2.00. The second-order valence-electron chi connectivity index (χ2n) is 5.76. The lowest BCUT2D eigenvalue weighted by molar-refractivity contribution is -0.120. The largest absolute Gasteiger partial charge is 0.378 e. The molecule has 0 bridgehead atoms. The molecule has 0 aliphatic carbocycles. The van der Waals surface area contributed by atoms with Crippen molar-refractivity contribution >= 4 is 40.2 Å². The highest BCUT2D eigenvalue weighted by Gasteiger charge is 2.10. The molecule has 0 fully saturated rings. The number of hydrogen-bond acceptors (Lipinski definition) is 7. The van der Waals surface area contributed by atoms with Crippen LogP contribution in [0.2, 0.25) is 0 Å². The van der Waals surface area contributed by atoms with Gasteiger partial charge in [-0.1, -0.05) is 30.4 Å². The number of amides is 2. The summed E-state index contributed by atoms with van der Waals surface area (Å²) in [4.78, 5) is 25.4. The van der Waals surface area contributed by atoms with Gasteiger partial charge >= 0.3 is 0 Å². The molecule has 1 aromatic heterocycles.